The number of carboxylic acids is 1. The summed E-state index contributed by atoms with van der Waals surface area (Å²) < 4.78 is 10.5. The molecule has 1 aromatic carbocycles. The van der Waals surface area contributed by atoms with Crippen molar-refractivity contribution in [1.82, 2.24) is 5.32 Å². The number of carbonyl (C=O) groups is 2. The summed E-state index contributed by atoms with van der Waals surface area (Å²) in [5.41, 5.74) is 0.632. The lowest BCUT2D eigenvalue weighted by Gasteiger charge is -2.17. The van der Waals surface area contributed by atoms with Crippen molar-refractivity contribution in [3.05, 3.63) is 33.9 Å². The van der Waals surface area contributed by atoms with Gasteiger partial charge in [0.05, 0.1) is 5.25 Å². The second-order valence-electron chi connectivity index (χ2n) is 5.04. The quantitative estimate of drug-likeness (QED) is 0.522. The summed E-state index contributed by atoms with van der Waals surface area (Å²) in [5.74, 6) is -0.606. The summed E-state index contributed by atoms with van der Waals surface area (Å²) in [6, 6.07) is 3.88. The highest BCUT2D eigenvalue weighted by Gasteiger charge is 2.26. The number of ether oxygens (including phenoxy) is 2. The van der Waals surface area contributed by atoms with Crippen molar-refractivity contribution in [3.63, 3.8) is 0 Å². The lowest BCUT2D eigenvalue weighted by molar-refractivity contribution is -0.479. The van der Waals surface area contributed by atoms with Gasteiger partial charge in [0.15, 0.2) is 11.5 Å². The maximum atomic E-state index is 11.2. The van der Waals surface area contributed by atoms with Gasteiger partial charge in [0, 0.05) is 17.6 Å². The number of benzene rings is 1. The first-order valence-corrected chi connectivity index (χ1v) is 8.04. The van der Waals surface area contributed by atoms with Crippen LogP contribution >= 0.6 is 11.8 Å². The van der Waals surface area contributed by atoms with Crippen LogP contribution in [0, 0.1) is 10.1 Å². The van der Waals surface area contributed by atoms with Crippen LogP contribution in [0.2, 0.25) is 0 Å². The Balaban J connectivity index is 2.11. The first kappa shape index (κ1) is 17.9. The number of nitrogens with zero attached hydrogens (tertiary/aromatic N) is 1. The molecule has 24 heavy (non-hydrogen) atoms. The van der Waals surface area contributed by atoms with Crippen molar-refractivity contribution in [2.24, 2.45) is 0 Å². The molecular formula is C14H16N2O7S. The fourth-order valence-corrected chi connectivity index (χ4v) is 3.35. The number of thioether (sulfide) groups is 1. The second-order valence-corrected chi connectivity index (χ2v) is 6.28. The summed E-state index contributed by atoms with van der Waals surface area (Å²) in [5, 5.41) is 21.8. The molecule has 2 rings (SSSR count). The Morgan fingerprint density at radius 2 is 2.12 bits per heavy atom. The minimum Gasteiger partial charge on any atom is -0.480 e. The molecular weight excluding hydrogens is 340 g/mol. The molecule has 0 unspecified atom stereocenters. The lowest BCUT2D eigenvalue weighted by Crippen LogP contribution is -2.41. The standard InChI is InChI=1S/C14H16N2O7S/c1-8(17)15-10(14(18)19)6-24-13(5-16(20)21)9-2-3-11-12(4-9)23-7-22-11/h2-4,10,13H,5-7H2,1H3,(H,15,17)(H,18,19)/t10-,13-/m1/s1. The van der Waals surface area contributed by atoms with Crippen LogP contribution in [0.15, 0.2) is 18.2 Å². The van der Waals surface area contributed by atoms with E-state index in [9.17, 15) is 19.7 Å². The van der Waals surface area contributed by atoms with Gasteiger partial charge in [0.1, 0.15) is 6.04 Å². The molecule has 2 atom stereocenters. The number of fused-ring (bicyclic) bond motifs is 1. The molecule has 0 fully saturated rings. The molecule has 1 heterocycles. The average molecular weight is 356 g/mol. The molecule has 0 saturated heterocycles. The van der Waals surface area contributed by atoms with E-state index in [1.165, 1.54) is 6.92 Å². The summed E-state index contributed by atoms with van der Waals surface area (Å²) in [4.78, 5) is 32.7. The van der Waals surface area contributed by atoms with Crippen LogP contribution < -0.4 is 14.8 Å². The highest BCUT2D eigenvalue weighted by Crippen LogP contribution is 2.38. The number of aliphatic carboxylic acids is 1. The molecule has 0 aromatic heterocycles. The van der Waals surface area contributed by atoms with Crippen LogP contribution in [0.5, 0.6) is 11.5 Å². The van der Waals surface area contributed by atoms with E-state index in [0.29, 0.717) is 17.1 Å². The van der Waals surface area contributed by atoms with Crippen molar-refractivity contribution < 1.29 is 29.1 Å². The van der Waals surface area contributed by atoms with Gasteiger partial charge in [-0.3, -0.25) is 14.9 Å². The Bertz CT molecular complexity index is 652. The molecule has 2 N–H and O–H groups in total. The molecule has 1 aliphatic rings. The number of carbonyl (C=O) groups excluding carboxylic acids is 1. The Kier molecular flexibility index (Phi) is 5.85. The maximum absolute atomic E-state index is 11.2. The zero-order valence-electron chi connectivity index (χ0n) is 12.8. The average Bonchev–Trinajstić information content (AvgIpc) is 2.96. The van der Waals surface area contributed by atoms with Gasteiger partial charge in [-0.15, -0.1) is 11.8 Å². The molecule has 0 aliphatic carbocycles. The number of carboxylic acid groups (broad SMARTS) is 1. The Hall–Kier alpha value is -2.49. The number of rotatable bonds is 8. The number of hydrogen-bond acceptors (Lipinski definition) is 7. The van der Waals surface area contributed by atoms with E-state index in [0.717, 1.165) is 11.8 Å². The fourth-order valence-electron chi connectivity index (χ4n) is 2.14. The molecule has 9 nitrogen and oxygen atoms in total. The van der Waals surface area contributed by atoms with Gasteiger partial charge in [0.2, 0.25) is 19.2 Å². The van der Waals surface area contributed by atoms with Crippen LogP contribution in [0.1, 0.15) is 17.7 Å². The van der Waals surface area contributed by atoms with E-state index >= 15 is 0 Å². The molecule has 0 radical (unpaired) electrons. The van der Waals surface area contributed by atoms with Crippen LogP contribution in [0.3, 0.4) is 0 Å². The van der Waals surface area contributed by atoms with E-state index < -0.39 is 28.1 Å². The van der Waals surface area contributed by atoms with E-state index in [1.54, 1.807) is 18.2 Å². The van der Waals surface area contributed by atoms with Gasteiger partial charge in [-0.2, -0.15) is 0 Å². The normalized spacial score (nSPS) is 14.7. The molecule has 0 spiro atoms. The summed E-state index contributed by atoms with van der Waals surface area (Å²) in [6.07, 6.45) is 0. The van der Waals surface area contributed by atoms with Crippen LogP contribution in [0.4, 0.5) is 0 Å². The van der Waals surface area contributed by atoms with Gasteiger partial charge in [0.25, 0.3) is 0 Å². The zero-order valence-corrected chi connectivity index (χ0v) is 13.6. The van der Waals surface area contributed by atoms with Gasteiger partial charge < -0.3 is 19.9 Å². The third-order valence-electron chi connectivity index (χ3n) is 3.22. The second kappa shape index (κ2) is 7.86. The summed E-state index contributed by atoms with van der Waals surface area (Å²) >= 11 is 1.09. The molecule has 10 heteroatoms. The topological polar surface area (TPSA) is 128 Å². The number of nitrogens with one attached hydrogen (secondary N) is 1. The highest BCUT2D eigenvalue weighted by molar-refractivity contribution is 7.99. The Morgan fingerprint density at radius 3 is 2.75 bits per heavy atom. The molecule has 0 bridgehead atoms. The zero-order chi connectivity index (χ0) is 17.7. The third-order valence-corrected chi connectivity index (χ3v) is 4.57. The Labute approximate surface area is 141 Å². The van der Waals surface area contributed by atoms with E-state index in [2.05, 4.69) is 5.32 Å². The number of hydrogen-bond donors (Lipinski definition) is 2. The van der Waals surface area contributed by atoms with Gasteiger partial charge in [-0.05, 0) is 17.7 Å². The van der Waals surface area contributed by atoms with Crippen LogP contribution in [-0.2, 0) is 9.59 Å². The SMILES string of the molecule is CC(=O)N[C@H](CS[C@H](C[N+](=O)[O-])c1ccc2c(c1)OCO2)C(=O)O. The Morgan fingerprint density at radius 1 is 1.42 bits per heavy atom. The van der Waals surface area contributed by atoms with E-state index in [4.69, 9.17) is 14.6 Å². The molecule has 130 valence electrons. The minimum atomic E-state index is -1.19. The first-order valence-electron chi connectivity index (χ1n) is 6.99. The van der Waals surface area contributed by atoms with Crippen LogP contribution in [0.25, 0.3) is 0 Å². The smallest absolute Gasteiger partial charge is 0.327 e. The first-order chi connectivity index (χ1) is 11.4. The molecule has 0 saturated carbocycles. The highest BCUT2D eigenvalue weighted by atomic mass is 32.2. The number of amides is 1. The molecule has 1 aromatic rings. The van der Waals surface area contributed by atoms with Crippen molar-refractivity contribution in [3.8, 4) is 11.5 Å². The minimum absolute atomic E-state index is 0.00185. The summed E-state index contributed by atoms with van der Waals surface area (Å²) in [6.45, 7) is 0.930. The van der Waals surface area contributed by atoms with E-state index in [-0.39, 0.29) is 19.1 Å². The number of nitro groups is 1. The van der Waals surface area contributed by atoms with Crippen molar-refractivity contribution in [1.29, 1.82) is 0 Å². The maximum Gasteiger partial charge on any atom is 0.327 e. The molecule has 1 amide bonds. The lowest BCUT2D eigenvalue weighted by atomic mass is 10.1. The van der Waals surface area contributed by atoms with Gasteiger partial charge in [-0.25, -0.2) is 4.79 Å². The van der Waals surface area contributed by atoms with Crippen LogP contribution in [-0.4, -0.2) is 47.0 Å². The summed E-state index contributed by atoms with van der Waals surface area (Å²) in [7, 11) is 0. The predicted molar refractivity (Wildman–Crippen MR) is 84.9 cm³/mol. The van der Waals surface area contributed by atoms with Gasteiger partial charge >= 0.3 is 5.97 Å². The van der Waals surface area contributed by atoms with E-state index in [1.807, 2.05) is 0 Å². The monoisotopic (exact) mass is 356 g/mol. The fraction of sp³-hybridized carbons (Fsp3) is 0.429. The predicted octanol–water partition coefficient (Wildman–Crippen LogP) is 1.06. The van der Waals surface area contributed by atoms with Crippen molar-refractivity contribution in [2.45, 2.75) is 18.2 Å². The third kappa shape index (κ3) is 4.75. The molecule has 1 aliphatic heterocycles. The van der Waals surface area contributed by atoms with Gasteiger partial charge in [-0.1, -0.05) is 6.07 Å². The largest absolute Gasteiger partial charge is 0.480 e. The van der Waals surface area contributed by atoms with Crippen molar-refractivity contribution in [2.75, 3.05) is 19.1 Å². The van der Waals surface area contributed by atoms with Crippen molar-refractivity contribution >= 4 is 23.6 Å².